The van der Waals surface area contributed by atoms with E-state index in [2.05, 4.69) is 5.32 Å². The summed E-state index contributed by atoms with van der Waals surface area (Å²) < 4.78 is 4.91. The molecule has 1 rings (SSSR count). The molecule has 0 aromatic heterocycles. The molecule has 0 heterocycles. The van der Waals surface area contributed by atoms with Gasteiger partial charge in [-0.25, -0.2) is 0 Å². The molecular weight excluding hydrogens is 238 g/mol. The van der Waals surface area contributed by atoms with Crippen molar-refractivity contribution >= 4 is 17.7 Å². The molecule has 0 radical (unpaired) electrons. The Kier molecular flexibility index (Phi) is 7.64. The lowest BCUT2D eigenvalue weighted by molar-refractivity contribution is -0.119. The molecule has 1 amide bonds. The Hall–Kier alpha value is -0.260. The van der Waals surface area contributed by atoms with E-state index in [4.69, 9.17) is 4.74 Å². The molecule has 0 spiro atoms. The first-order valence-corrected chi connectivity index (χ1v) is 7.41. The Morgan fingerprint density at radius 1 is 1.47 bits per heavy atom. The lowest BCUT2D eigenvalue weighted by Crippen LogP contribution is -2.37. The third-order valence-corrected chi connectivity index (χ3v) is 4.02. The summed E-state index contributed by atoms with van der Waals surface area (Å²) in [5, 5.41) is 12.7. The highest BCUT2D eigenvalue weighted by molar-refractivity contribution is 7.99. The van der Waals surface area contributed by atoms with Crippen LogP contribution in [-0.4, -0.2) is 48.9 Å². The fourth-order valence-corrected chi connectivity index (χ4v) is 2.75. The second kappa shape index (κ2) is 8.78. The molecule has 1 saturated carbocycles. The van der Waals surface area contributed by atoms with Gasteiger partial charge >= 0.3 is 0 Å². The van der Waals surface area contributed by atoms with Gasteiger partial charge in [0, 0.05) is 25.3 Å². The molecule has 2 atom stereocenters. The van der Waals surface area contributed by atoms with Gasteiger partial charge in [0.05, 0.1) is 18.5 Å². The molecule has 4 nitrogen and oxygen atoms in total. The van der Waals surface area contributed by atoms with Crippen molar-refractivity contribution in [2.24, 2.45) is 5.92 Å². The number of ether oxygens (including phenoxy) is 1. The topological polar surface area (TPSA) is 58.6 Å². The van der Waals surface area contributed by atoms with Crippen molar-refractivity contribution in [1.29, 1.82) is 0 Å². The van der Waals surface area contributed by atoms with E-state index < -0.39 is 0 Å². The molecule has 0 aromatic carbocycles. The lowest BCUT2D eigenvalue weighted by Gasteiger charge is -2.27. The van der Waals surface area contributed by atoms with Crippen LogP contribution in [0.25, 0.3) is 0 Å². The van der Waals surface area contributed by atoms with Crippen molar-refractivity contribution in [3.05, 3.63) is 0 Å². The maximum absolute atomic E-state index is 11.5. The average molecular weight is 261 g/mol. The van der Waals surface area contributed by atoms with Crippen LogP contribution in [0.5, 0.6) is 0 Å². The lowest BCUT2D eigenvalue weighted by atomic mass is 9.86. The number of carbonyl (C=O) groups excluding carboxylic acids is 1. The van der Waals surface area contributed by atoms with Crippen LogP contribution in [0.15, 0.2) is 0 Å². The molecule has 2 N–H and O–H groups in total. The van der Waals surface area contributed by atoms with Crippen LogP contribution in [0.4, 0.5) is 0 Å². The number of hydrogen-bond acceptors (Lipinski definition) is 4. The monoisotopic (exact) mass is 261 g/mol. The summed E-state index contributed by atoms with van der Waals surface area (Å²) in [5.41, 5.74) is 0. The second-order valence-electron chi connectivity index (χ2n) is 4.46. The van der Waals surface area contributed by atoms with E-state index in [1.807, 2.05) is 0 Å². The molecule has 5 heteroatoms. The van der Waals surface area contributed by atoms with Gasteiger partial charge in [-0.05, 0) is 12.8 Å². The molecule has 1 fully saturated rings. The van der Waals surface area contributed by atoms with Gasteiger partial charge < -0.3 is 15.2 Å². The molecule has 0 saturated heterocycles. The van der Waals surface area contributed by atoms with Gasteiger partial charge in [-0.2, -0.15) is 0 Å². The number of hydrogen-bond donors (Lipinski definition) is 2. The fraction of sp³-hybridized carbons (Fsp3) is 0.917. The summed E-state index contributed by atoms with van der Waals surface area (Å²) in [5.74, 6) is 1.63. The molecule has 0 aromatic rings. The van der Waals surface area contributed by atoms with Gasteiger partial charge in [0.1, 0.15) is 0 Å². The Morgan fingerprint density at radius 3 is 2.94 bits per heavy atom. The van der Waals surface area contributed by atoms with Crippen molar-refractivity contribution < 1.29 is 14.6 Å². The Bertz CT molecular complexity index is 226. The van der Waals surface area contributed by atoms with Gasteiger partial charge in [0.25, 0.3) is 0 Å². The Balaban J connectivity index is 2.06. The quantitative estimate of drug-likeness (QED) is 0.672. The number of carbonyl (C=O) groups is 1. The summed E-state index contributed by atoms with van der Waals surface area (Å²) in [4.78, 5) is 11.5. The van der Waals surface area contributed by atoms with Gasteiger partial charge in [-0.3, -0.25) is 4.79 Å². The van der Waals surface area contributed by atoms with E-state index in [0.717, 1.165) is 25.0 Å². The third kappa shape index (κ3) is 6.29. The zero-order chi connectivity index (χ0) is 12.5. The predicted molar refractivity (Wildman–Crippen MR) is 70.2 cm³/mol. The maximum atomic E-state index is 11.5. The van der Waals surface area contributed by atoms with E-state index in [0.29, 0.717) is 18.9 Å². The van der Waals surface area contributed by atoms with Crippen LogP contribution in [0.3, 0.4) is 0 Å². The number of methoxy groups -OCH3 is 1. The minimum atomic E-state index is -0.231. The van der Waals surface area contributed by atoms with Crippen LogP contribution >= 0.6 is 11.8 Å². The standard InChI is InChI=1S/C12H23NO3S/c1-16-6-7-17-9-12(15)13-8-10-4-2-3-5-11(10)14/h10-11,14H,2-9H2,1H3,(H,13,15). The van der Waals surface area contributed by atoms with Crippen molar-refractivity contribution in [3.63, 3.8) is 0 Å². The number of aliphatic hydroxyl groups is 1. The highest BCUT2D eigenvalue weighted by Gasteiger charge is 2.23. The first kappa shape index (κ1) is 14.8. The first-order chi connectivity index (χ1) is 8.24. The first-order valence-electron chi connectivity index (χ1n) is 6.25. The van der Waals surface area contributed by atoms with Crippen LogP contribution in [0.2, 0.25) is 0 Å². The normalized spacial score (nSPS) is 24.6. The van der Waals surface area contributed by atoms with Crippen molar-refractivity contribution in [3.8, 4) is 0 Å². The smallest absolute Gasteiger partial charge is 0.230 e. The molecule has 2 unspecified atom stereocenters. The van der Waals surface area contributed by atoms with Crippen LogP contribution in [-0.2, 0) is 9.53 Å². The highest BCUT2D eigenvalue weighted by Crippen LogP contribution is 2.23. The maximum Gasteiger partial charge on any atom is 0.230 e. The van der Waals surface area contributed by atoms with E-state index in [9.17, 15) is 9.90 Å². The Labute approximate surface area is 107 Å². The van der Waals surface area contributed by atoms with E-state index >= 15 is 0 Å². The Morgan fingerprint density at radius 2 is 2.24 bits per heavy atom. The van der Waals surface area contributed by atoms with E-state index in [1.54, 1.807) is 18.9 Å². The molecule has 0 bridgehead atoms. The molecule has 0 aliphatic heterocycles. The fourth-order valence-electron chi connectivity index (χ4n) is 2.03. The van der Waals surface area contributed by atoms with E-state index in [-0.39, 0.29) is 17.9 Å². The van der Waals surface area contributed by atoms with Gasteiger partial charge in [-0.1, -0.05) is 12.8 Å². The summed E-state index contributed by atoms with van der Waals surface area (Å²) >= 11 is 1.57. The largest absolute Gasteiger partial charge is 0.393 e. The van der Waals surface area contributed by atoms with Crippen molar-refractivity contribution in [2.75, 3.05) is 31.8 Å². The van der Waals surface area contributed by atoms with Crippen LogP contribution in [0.1, 0.15) is 25.7 Å². The van der Waals surface area contributed by atoms with Gasteiger partial charge in [-0.15, -0.1) is 11.8 Å². The van der Waals surface area contributed by atoms with Gasteiger partial charge in [0.15, 0.2) is 0 Å². The molecule has 1 aliphatic rings. The number of thioether (sulfide) groups is 1. The zero-order valence-electron chi connectivity index (χ0n) is 10.5. The molecule has 1 aliphatic carbocycles. The minimum Gasteiger partial charge on any atom is -0.393 e. The number of rotatable bonds is 7. The van der Waals surface area contributed by atoms with Gasteiger partial charge in [0.2, 0.25) is 5.91 Å². The second-order valence-corrected chi connectivity index (χ2v) is 5.57. The highest BCUT2D eigenvalue weighted by atomic mass is 32.2. The van der Waals surface area contributed by atoms with E-state index in [1.165, 1.54) is 6.42 Å². The van der Waals surface area contributed by atoms with Crippen molar-refractivity contribution in [1.82, 2.24) is 5.32 Å². The summed E-state index contributed by atoms with van der Waals surface area (Å²) in [6.07, 6.45) is 3.95. The SMILES string of the molecule is COCCSCC(=O)NCC1CCCCC1O. The summed E-state index contributed by atoms with van der Waals surface area (Å²) in [6.45, 7) is 1.30. The molecule has 100 valence electrons. The summed E-state index contributed by atoms with van der Waals surface area (Å²) in [6, 6.07) is 0. The number of nitrogens with one attached hydrogen (secondary N) is 1. The molecule has 17 heavy (non-hydrogen) atoms. The average Bonchev–Trinajstić information content (AvgIpc) is 2.34. The zero-order valence-corrected chi connectivity index (χ0v) is 11.3. The van der Waals surface area contributed by atoms with Crippen LogP contribution < -0.4 is 5.32 Å². The van der Waals surface area contributed by atoms with Crippen LogP contribution in [0, 0.1) is 5.92 Å². The molecular formula is C12H23NO3S. The minimum absolute atomic E-state index is 0.0591. The van der Waals surface area contributed by atoms with Crippen molar-refractivity contribution in [2.45, 2.75) is 31.8 Å². The number of aliphatic hydroxyl groups excluding tert-OH is 1. The predicted octanol–water partition coefficient (Wildman–Crippen LogP) is 1.03. The number of amides is 1. The third-order valence-electron chi connectivity index (χ3n) is 3.10. The summed E-state index contributed by atoms with van der Waals surface area (Å²) in [7, 11) is 1.66.